The molecule has 0 aromatic heterocycles. The summed E-state index contributed by atoms with van der Waals surface area (Å²) >= 11 is 0. The van der Waals surface area contributed by atoms with Gasteiger partial charge in [-0.3, -0.25) is 9.59 Å². The molecule has 0 saturated heterocycles. The van der Waals surface area contributed by atoms with Gasteiger partial charge in [-0.2, -0.15) is 0 Å². The van der Waals surface area contributed by atoms with Crippen molar-refractivity contribution in [2.24, 2.45) is 11.7 Å². The predicted octanol–water partition coefficient (Wildman–Crippen LogP) is -0.275. The third-order valence-corrected chi connectivity index (χ3v) is 1.80. The summed E-state index contributed by atoms with van der Waals surface area (Å²) in [5.41, 5.74) is 4.89. The van der Waals surface area contributed by atoms with Gasteiger partial charge >= 0.3 is 5.97 Å². The minimum atomic E-state index is -0.932. The third kappa shape index (κ3) is 6.10. The summed E-state index contributed by atoms with van der Waals surface area (Å²) in [6.45, 7) is -0.145. The number of rotatable bonds is 7. The van der Waals surface area contributed by atoms with E-state index in [1.54, 1.807) is 0 Å². The molecule has 1 amide bonds. The van der Waals surface area contributed by atoms with Crippen LogP contribution in [0, 0.1) is 5.92 Å². The first-order valence-electron chi connectivity index (χ1n) is 4.20. The molecule has 0 rings (SSSR count). The summed E-state index contributed by atoms with van der Waals surface area (Å²) in [5, 5.41) is 17.2. The van der Waals surface area contributed by atoms with Crippen LogP contribution in [0.3, 0.4) is 0 Å². The molecule has 13 heavy (non-hydrogen) atoms. The standard InChI is InChI=1S/C8H15NO4/c9-7(11)3-1-2-6(4-5-10)8(12)13/h6,10H,1-5H2,(H2,9,11)(H,12,13). The van der Waals surface area contributed by atoms with Gasteiger partial charge in [0, 0.05) is 13.0 Å². The zero-order chi connectivity index (χ0) is 10.3. The minimum Gasteiger partial charge on any atom is -0.481 e. The Morgan fingerprint density at radius 3 is 2.31 bits per heavy atom. The van der Waals surface area contributed by atoms with Crippen molar-refractivity contribution >= 4 is 11.9 Å². The Bertz CT molecular complexity index is 181. The van der Waals surface area contributed by atoms with Gasteiger partial charge in [0.05, 0.1) is 5.92 Å². The molecule has 0 fully saturated rings. The van der Waals surface area contributed by atoms with Crippen molar-refractivity contribution in [1.82, 2.24) is 0 Å². The summed E-state index contributed by atoms with van der Waals surface area (Å²) < 4.78 is 0. The normalized spacial score (nSPS) is 12.4. The van der Waals surface area contributed by atoms with Crippen molar-refractivity contribution in [2.75, 3.05) is 6.61 Å². The van der Waals surface area contributed by atoms with Crippen LogP contribution in [-0.2, 0) is 9.59 Å². The van der Waals surface area contributed by atoms with Crippen LogP contribution < -0.4 is 5.73 Å². The first kappa shape index (κ1) is 11.9. The van der Waals surface area contributed by atoms with Gasteiger partial charge in [0.15, 0.2) is 0 Å². The number of aliphatic hydroxyl groups excluding tert-OH is 1. The highest BCUT2D eigenvalue weighted by atomic mass is 16.4. The van der Waals surface area contributed by atoms with E-state index in [-0.39, 0.29) is 19.4 Å². The van der Waals surface area contributed by atoms with E-state index in [9.17, 15) is 9.59 Å². The van der Waals surface area contributed by atoms with E-state index in [1.165, 1.54) is 0 Å². The topological polar surface area (TPSA) is 101 Å². The SMILES string of the molecule is NC(=O)CCCC(CCO)C(=O)O. The average molecular weight is 189 g/mol. The van der Waals surface area contributed by atoms with Crippen molar-refractivity contribution in [2.45, 2.75) is 25.7 Å². The molecule has 1 atom stereocenters. The molecule has 5 heteroatoms. The molecule has 4 N–H and O–H groups in total. The maximum atomic E-state index is 10.5. The molecule has 0 aliphatic carbocycles. The van der Waals surface area contributed by atoms with Gasteiger partial charge in [0.25, 0.3) is 0 Å². The average Bonchev–Trinajstić information content (AvgIpc) is 2.02. The smallest absolute Gasteiger partial charge is 0.306 e. The van der Waals surface area contributed by atoms with Crippen molar-refractivity contribution < 1.29 is 19.8 Å². The van der Waals surface area contributed by atoms with E-state index < -0.39 is 17.8 Å². The van der Waals surface area contributed by atoms with Gasteiger partial charge in [-0.05, 0) is 19.3 Å². The molecule has 76 valence electrons. The molecule has 0 bridgehead atoms. The molecular formula is C8H15NO4. The molecular weight excluding hydrogens is 174 g/mol. The second-order valence-electron chi connectivity index (χ2n) is 2.91. The van der Waals surface area contributed by atoms with Gasteiger partial charge in [0.1, 0.15) is 0 Å². The van der Waals surface area contributed by atoms with Crippen LogP contribution in [0.4, 0.5) is 0 Å². The van der Waals surface area contributed by atoms with Gasteiger partial charge < -0.3 is 15.9 Å². The van der Waals surface area contributed by atoms with Gasteiger partial charge in [0.2, 0.25) is 5.91 Å². The van der Waals surface area contributed by atoms with Gasteiger partial charge in [-0.1, -0.05) is 0 Å². The maximum Gasteiger partial charge on any atom is 0.306 e. The van der Waals surface area contributed by atoms with Crippen LogP contribution in [0.5, 0.6) is 0 Å². The van der Waals surface area contributed by atoms with E-state index in [0.29, 0.717) is 12.8 Å². The molecule has 1 unspecified atom stereocenters. The predicted molar refractivity (Wildman–Crippen MR) is 45.9 cm³/mol. The quantitative estimate of drug-likeness (QED) is 0.513. The molecule has 0 heterocycles. The van der Waals surface area contributed by atoms with Crippen LogP contribution in [0.2, 0.25) is 0 Å². The fourth-order valence-electron chi connectivity index (χ4n) is 1.07. The van der Waals surface area contributed by atoms with Crippen molar-refractivity contribution in [3.63, 3.8) is 0 Å². The lowest BCUT2D eigenvalue weighted by atomic mass is 9.99. The number of carboxylic acid groups (broad SMARTS) is 1. The first-order valence-corrected chi connectivity index (χ1v) is 4.20. The fourth-order valence-corrected chi connectivity index (χ4v) is 1.07. The highest BCUT2D eigenvalue weighted by molar-refractivity contribution is 5.74. The third-order valence-electron chi connectivity index (χ3n) is 1.80. The lowest BCUT2D eigenvalue weighted by Crippen LogP contribution is -2.17. The monoisotopic (exact) mass is 189 g/mol. The number of aliphatic carboxylic acids is 1. The second-order valence-corrected chi connectivity index (χ2v) is 2.91. The summed E-state index contributed by atoms with van der Waals surface area (Å²) in [6.07, 6.45) is 1.29. The summed E-state index contributed by atoms with van der Waals surface area (Å²) in [4.78, 5) is 20.9. The maximum absolute atomic E-state index is 10.5. The molecule has 0 saturated carbocycles. The molecule has 0 radical (unpaired) electrons. The van der Waals surface area contributed by atoms with Crippen LogP contribution in [0.1, 0.15) is 25.7 Å². The number of carbonyl (C=O) groups excluding carboxylic acids is 1. The van der Waals surface area contributed by atoms with E-state index in [2.05, 4.69) is 0 Å². The first-order chi connectivity index (χ1) is 6.07. The van der Waals surface area contributed by atoms with Crippen molar-refractivity contribution in [3.05, 3.63) is 0 Å². The number of nitrogens with two attached hydrogens (primary N) is 1. The van der Waals surface area contributed by atoms with Crippen LogP contribution in [-0.4, -0.2) is 28.7 Å². The molecule has 0 spiro atoms. The Morgan fingerprint density at radius 1 is 1.31 bits per heavy atom. The minimum absolute atomic E-state index is 0.145. The van der Waals surface area contributed by atoms with E-state index in [4.69, 9.17) is 15.9 Å². The fraction of sp³-hybridized carbons (Fsp3) is 0.750. The number of carboxylic acids is 1. The van der Waals surface area contributed by atoms with Crippen LogP contribution in [0.25, 0.3) is 0 Å². The highest BCUT2D eigenvalue weighted by Crippen LogP contribution is 2.12. The molecule has 0 aliphatic heterocycles. The summed E-state index contributed by atoms with van der Waals surface area (Å²) in [6, 6.07) is 0. The lowest BCUT2D eigenvalue weighted by molar-refractivity contribution is -0.142. The largest absolute Gasteiger partial charge is 0.481 e. The Balaban J connectivity index is 3.69. The van der Waals surface area contributed by atoms with E-state index in [1.807, 2.05) is 0 Å². The highest BCUT2D eigenvalue weighted by Gasteiger charge is 2.16. The Labute approximate surface area is 76.5 Å². The van der Waals surface area contributed by atoms with E-state index >= 15 is 0 Å². The zero-order valence-corrected chi connectivity index (χ0v) is 7.40. The number of carbonyl (C=O) groups is 2. The Morgan fingerprint density at radius 2 is 1.92 bits per heavy atom. The number of amides is 1. The number of hydrogen-bond donors (Lipinski definition) is 3. The summed E-state index contributed by atoms with van der Waals surface area (Å²) in [5.74, 6) is -1.92. The number of hydrogen-bond acceptors (Lipinski definition) is 3. The zero-order valence-electron chi connectivity index (χ0n) is 7.40. The van der Waals surface area contributed by atoms with Gasteiger partial charge in [-0.15, -0.1) is 0 Å². The molecule has 0 aromatic rings. The van der Waals surface area contributed by atoms with E-state index in [0.717, 1.165) is 0 Å². The van der Waals surface area contributed by atoms with Crippen molar-refractivity contribution in [3.8, 4) is 0 Å². The lowest BCUT2D eigenvalue weighted by Gasteiger charge is -2.08. The summed E-state index contributed by atoms with van der Waals surface area (Å²) in [7, 11) is 0. The van der Waals surface area contributed by atoms with Gasteiger partial charge in [-0.25, -0.2) is 0 Å². The molecule has 5 nitrogen and oxygen atoms in total. The second kappa shape index (κ2) is 6.42. The van der Waals surface area contributed by atoms with Crippen molar-refractivity contribution in [1.29, 1.82) is 0 Å². The molecule has 0 aliphatic rings. The Hall–Kier alpha value is -1.10. The number of aliphatic hydroxyl groups is 1. The Kier molecular flexibility index (Phi) is 5.88. The molecule has 0 aromatic carbocycles. The van der Waals surface area contributed by atoms with Crippen LogP contribution >= 0.6 is 0 Å². The number of primary amides is 1. The van der Waals surface area contributed by atoms with Crippen LogP contribution in [0.15, 0.2) is 0 Å².